The fraction of sp³-hybridized carbons (Fsp3) is 0.750. The standard InChI is InChI=1S/C12H19N3O2S/c1-9-14-11-7-13-5-4-12(11)15(9)8-10-3-2-6-18(10,16)17/h10,13H,2-8H2,1H3. The van der Waals surface area contributed by atoms with E-state index in [-0.39, 0.29) is 5.25 Å². The fourth-order valence-electron chi connectivity index (χ4n) is 3.01. The van der Waals surface area contributed by atoms with Gasteiger partial charge in [-0.25, -0.2) is 13.4 Å². The summed E-state index contributed by atoms with van der Waals surface area (Å²) in [6.07, 6.45) is 2.56. The first-order valence-electron chi connectivity index (χ1n) is 6.55. The van der Waals surface area contributed by atoms with Gasteiger partial charge in [0.1, 0.15) is 5.82 Å². The minimum absolute atomic E-state index is 0.204. The third kappa shape index (κ3) is 1.97. The van der Waals surface area contributed by atoms with Crippen LogP contribution in [0.5, 0.6) is 0 Å². The first kappa shape index (κ1) is 12.2. The molecule has 1 aromatic heterocycles. The second-order valence-corrected chi connectivity index (χ2v) is 7.62. The Bertz CT molecular complexity index is 562. The molecular weight excluding hydrogens is 250 g/mol. The summed E-state index contributed by atoms with van der Waals surface area (Å²) in [5.74, 6) is 1.31. The van der Waals surface area contributed by atoms with Crippen LogP contribution in [-0.2, 0) is 29.3 Å². The summed E-state index contributed by atoms with van der Waals surface area (Å²) >= 11 is 0. The second-order valence-electron chi connectivity index (χ2n) is 5.22. The summed E-state index contributed by atoms with van der Waals surface area (Å²) < 4.78 is 26.0. The molecule has 3 heterocycles. The van der Waals surface area contributed by atoms with Crippen molar-refractivity contribution in [2.45, 2.75) is 44.5 Å². The Morgan fingerprint density at radius 2 is 2.33 bits per heavy atom. The quantitative estimate of drug-likeness (QED) is 0.845. The molecule has 1 unspecified atom stereocenters. The van der Waals surface area contributed by atoms with E-state index in [0.29, 0.717) is 12.3 Å². The van der Waals surface area contributed by atoms with Gasteiger partial charge in [0, 0.05) is 31.7 Å². The van der Waals surface area contributed by atoms with Gasteiger partial charge in [0.15, 0.2) is 9.84 Å². The number of hydrogen-bond donors (Lipinski definition) is 1. The highest BCUT2D eigenvalue weighted by molar-refractivity contribution is 7.92. The van der Waals surface area contributed by atoms with E-state index >= 15 is 0 Å². The minimum Gasteiger partial charge on any atom is -0.331 e. The Morgan fingerprint density at radius 1 is 1.50 bits per heavy atom. The van der Waals surface area contributed by atoms with E-state index in [9.17, 15) is 8.42 Å². The van der Waals surface area contributed by atoms with Crippen molar-refractivity contribution in [2.75, 3.05) is 12.3 Å². The highest BCUT2D eigenvalue weighted by atomic mass is 32.2. The first-order chi connectivity index (χ1) is 8.58. The van der Waals surface area contributed by atoms with E-state index < -0.39 is 9.84 Å². The lowest BCUT2D eigenvalue weighted by Gasteiger charge is -2.18. The van der Waals surface area contributed by atoms with Gasteiger partial charge in [0.05, 0.1) is 16.7 Å². The summed E-state index contributed by atoms with van der Waals surface area (Å²) in [6.45, 7) is 4.33. The van der Waals surface area contributed by atoms with E-state index in [2.05, 4.69) is 14.9 Å². The van der Waals surface area contributed by atoms with Gasteiger partial charge >= 0.3 is 0 Å². The number of sulfone groups is 1. The highest BCUT2D eigenvalue weighted by Crippen LogP contribution is 2.24. The molecule has 1 saturated heterocycles. The van der Waals surface area contributed by atoms with E-state index in [0.717, 1.165) is 43.9 Å². The molecule has 3 rings (SSSR count). The summed E-state index contributed by atoms with van der Waals surface area (Å²) in [4.78, 5) is 4.55. The van der Waals surface area contributed by atoms with Crippen LogP contribution < -0.4 is 5.32 Å². The molecule has 1 fully saturated rings. The van der Waals surface area contributed by atoms with Crippen LogP contribution in [0.25, 0.3) is 0 Å². The Labute approximate surface area is 108 Å². The van der Waals surface area contributed by atoms with Gasteiger partial charge in [0.25, 0.3) is 0 Å². The van der Waals surface area contributed by atoms with Crippen LogP contribution in [0.15, 0.2) is 0 Å². The maximum absolute atomic E-state index is 11.9. The molecule has 0 aliphatic carbocycles. The van der Waals surface area contributed by atoms with Gasteiger partial charge in [-0.2, -0.15) is 0 Å². The normalized spacial score (nSPS) is 26.2. The maximum Gasteiger partial charge on any atom is 0.154 e. The van der Waals surface area contributed by atoms with Crippen LogP contribution in [0.4, 0.5) is 0 Å². The van der Waals surface area contributed by atoms with Gasteiger partial charge in [-0.15, -0.1) is 0 Å². The van der Waals surface area contributed by atoms with Crippen LogP contribution in [0, 0.1) is 6.92 Å². The van der Waals surface area contributed by atoms with Crippen molar-refractivity contribution in [1.29, 1.82) is 0 Å². The highest BCUT2D eigenvalue weighted by Gasteiger charge is 2.32. The lowest BCUT2D eigenvalue weighted by molar-refractivity contribution is 0.541. The molecule has 0 aromatic carbocycles. The Balaban J connectivity index is 1.91. The number of nitrogens with one attached hydrogen (secondary N) is 1. The summed E-state index contributed by atoms with van der Waals surface area (Å²) in [5, 5.41) is 3.09. The molecule has 2 aliphatic heterocycles. The number of rotatable bonds is 2. The molecular formula is C12H19N3O2S. The van der Waals surface area contributed by atoms with Crippen LogP contribution in [0.1, 0.15) is 30.1 Å². The largest absolute Gasteiger partial charge is 0.331 e. The lowest BCUT2D eigenvalue weighted by Crippen LogP contribution is -2.28. The molecule has 1 N–H and O–H groups in total. The van der Waals surface area contributed by atoms with Crippen LogP contribution in [0.2, 0.25) is 0 Å². The molecule has 100 valence electrons. The van der Waals surface area contributed by atoms with Crippen molar-refractivity contribution < 1.29 is 8.42 Å². The molecule has 2 aliphatic rings. The molecule has 6 heteroatoms. The number of hydrogen-bond acceptors (Lipinski definition) is 4. The van der Waals surface area contributed by atoms with Crippen LogP contribution in [-0.4, -0.2) is 35.5 Å². The van der Waals surface area contributed by atoms with Crippen molar-refractivity contribution in [3.8, 4) is 0 Å². The molecule has 0 saturated carbocycles. The Kier molecular flexibility index (Phi) is 2.94. The second kappa shape index (κ2) is 4.35. The minimum atomic E-state index is -2.87. The van der Waals surface area contributed by atoms with Crippen LogP contribution in [0.3, 0.4) is 0 Å². The Morgan fingerprint density at radius 3 is 3.06 bits per heavy atom. The smallest absolute Gasteiger partial charge is 0.154 e. The fourth-order valence-corrected chi connectivity index (χ4v) is 4.82. The summed E-state index contributed by atoms with van der Waals surface area (Å²) in [5.41, 5.74) is 2.32. The van der Waals surface area contributed by atoms with Gasteiger partial charge in [0.2, 0.25) is 0 Å². The average Bonchev–Trinajstić information content (AvgIpc) is 2.81. The molecule has 18 heavy (non-hydrogen) atoms. The zero-order chi connectivity index (χ0) is 12.8. The zero-order valence-electron chi connectivity index (χ0n) is 10.6. The monoisotopic (exact) mass is 269 g/mol. The van der Waals surface area contributed by atoms with Gasteiger partial charge < -0.3 is 9.88 Å². The number of aromatic nitrogens is 2. The lowest BCUT2D eigenvalue weighted by atomic mass is 10.1. The predicted octanol–water partition coefficient (Wildman–Crippen LogP) is 0.414. The third-order valence-electron chi connectivity index (χ3n) is 4.03. The molecule has 0 bridgehead atoms. The van der Waals surface area contributed by atoms with E-state index in [1.165, 1.54) is 5.69 Å². The number of imidazole rings is 1. The number of nitrogens with zero attached hydrogens (tertiary/aromatic N) is 2. The van der Waals surface area contributed by atoms with Crippen molar-refractivity contribution in [2.24, 2.45) is 0 Å². The van der Waals surface area contributed by atoms with Crippen molar-refractivity contribution in [3.05, 3.63) is 17.2 Å². The topological polar surface area (TPSA) is 64.0 Å². The average molecular weight is 269 g/mol. The number of fused-ring (bicyclic) bond motifs is 1. The third-order valence-corrected chi connectivity index (χ3v) is 6.28. The van der Waals surface area contributed by atoms with E-state index in [1.54, 1.807) is 0 Å². The molecule has 5 nitrogen and oxygen atoms in total. The Hall–Kier alpha value is -0.880. The molecule has 0 radical (unpaired) electrons. The van der Waals surface area contributed by atoms with Gasteiger partial charge in [-0.3, -0.25) is 0 Å². The zero-order valence-corrected chi connectivity index (χ0v) is 11.5. The van der Waals surface area contributed by atoms with Gasteiger partial charge in [-0.1, -0.05) is 0 Å². The van der Waals surface area contributed by atoms with Gasteiger partial charge in [-0.05, 0) is 19.8 Å². The predicted molar refractivity (Wildman–Crippen MR) is 69.2 cm³/mol. The van der Waals surface area contributed by atoms with E-state index in [4.69, 9.17) is 0 Å². The first-order valence-corrected chi connectivity index (χ1v) is 8.26. The maximum atomic E-state index is 11.9. The molecule has 1 atom stereocenters. The number of aryl methyl sites for hydroxylation is 1. The van der Waals surface area contributed by atoms with Crippen molar-refractivity contribution >= 4 is 9.84 Å². The van der Waals surface area contributed by atoms with Crippen molar-refractivity contribution in [3.63, 3.8) is 0 Å². The molecule has 0 amide bonds. The summed E-state index contributed by atoms with van der Waals surface area (Å²) in [7, 11) is -2.87. The molecule has 1 aromatic rings. The summed E-state index contributed by atoms with van der Waals surface area (Å²) in [6, 6.07) is 0. The SMILES string of the molecule is Cc1nc2c(n1CC1CCCS1(=O)=O)CCNC2. The molecule has 0 spiro atoms. The van der Waals surface area contributed by atoms with Crippen molar-refractivity contribution in [1.82, 2.24) is 14.9 Å². The van der Waals surface area contributed by atoms with Crippen LogP contribution >= 0.6 is 0 Å². The van der Waals surface area contributed by atoms with E-state index in [1.807, 2.05) is 6.92 Å².